The topological polar surface area (TPSA) is 94.2 Å². The van der Waals surface area contributed by atoms with Gasteiger partial charge in [0.2, 0.25) is 5.91 Å². The molecule has 0 spiro atoms. The van der Waals surface area contributed by atoms with Crippen LogP contribution in [0.3, 0.4) is 0 Å². The summed E-state index contributed by atoms with van der Waals surface area (Å²) in [5.74, 6) is 0.0591. The van der Waals surface area contributed by atoms with E-state index in [4.69, 9.17) is 11.0 Å². The Balaban J connectivity index is 1.75. The minimum Gasteiger partial charge on any atom is -0.391 e. The first-order valence-corrected chi connectivity index (χ1v) is 9.29. The fourth-order valence-electron chi connectivity index (χ4n) is 3.42. The van der Waals surface area contributed by atoms with Crippen molar-refractivity contribution >= 4 is 11.6 Å². The van der Waals surface area contributed by atoms with Crippen LogP contribution in [0.15, 0.2) is 59.8 Å². The molecule has 0 radical (unpaired) electrons. The van der Waals surface area contributed by atoms with Crippen LogP contribution in [0, 0.1) is 11.3 Å². The Morgan fingerprint density at radius 1 is 1.21 bits per heavy atom. The molecular weight excluding hydrogens is 350 g/mol. The number of carbonyl (C=O) groups is 1. The number of nitrogens with zero attached hydrogens (tertiary/aromatic N) is 2. The maximum Gasteiger partial charge on any atom is 0.219 e. The van der Waals surface area contributed by atoms with E-state index in [1.165, 1.54) is 0 Å². The van der Waals surface area contributed by atoms with Crippen molar-refractivity contribution in [2.45, 2.75) is 19.5 Å². The minimum atomic E-state index is -0.391. The van der Waals surface area contributed by atoms with Gasteiger partial charge in [0, 0.05) is 50.4 Å². The van der Waals surface area contributed by atoms with Crippen molar-refractivity contribution in [1.82, 2.24) is 10.2 Å². The van der Waals surface area contributed by atoms with Gasteiger partial charge in [-0.1, -0.05) is 24.3 Å². The number of amides is 1. The van der Waals surface area contributed by atoms with Crippen LogP contribution in [-0.4, -0.2) is 37.1 Å². The van der Waals surface area contributed by atoms with Crippen molar-refractivity contribution in [1.29, 1.82) is 5.26 Å². The molecule has 2 aromatic rings. The van der Waals surface area contributed by atoms with Gasteiger partial charge in [0.25, 0.3) is 0 Å². The summed E-state index contributed by atoms with van der Waals surface area (Å²) in [6.45, 7) is 2.82. The molecule has 0 aromatic heterocycles. The van der Waals surface area contributed by atoms with Crippen molar-refractivity contribution in [3.05, 3.63) is 65.4 Å². The molecule has 2 aromatic carbocycles. The molecule has 0 saturated heterocycles. The molecule has 4 N–H and O–H groups in total. The standard InChI is InChI=1S/C22H25N5O/c1-15(28)27-11-10-21(25-2)20(14-27)22(24)26-19-8-6-17(7-9-19)18-5-3-4-16(12-18)13-23/h3-9,12,22,25-26H,10-11,14,24H2,1-2H3. The highest BCUT2D eigenvalue weighted by atomic mass is 16.2. The summed E-state index contributed by atoms with van der Waals surface area (Å²) in [5.41, 5.74) is 12.1. The predicted octanol–water partition coefficient (Wildman–Crippen LogP) is 2.65. The number of hydrogen-bond acceptors (Lipinski definition) is 5. The van der Waals surface area contributed by atoms with Gasteiger partial charge in [0.05, 0.1) is 11.6 Å². The molecule has 1 unspecified atom stereocenters. The number of anilines is 1. The lowest BCUT2D eigenvalue weighted by molar-refractivity contribution is -0.128. The second-order valence-electron chi connectivity index (χ2n) is 6.84. The summed E-state index contributed by atoms with van der Waals surface area (Å²) in [6.07, 6.45) is 0.381. The molecule has 0 fully saturated rings. The Kier molecular flexibility index (Phi) is 5.97. The average molecular weight is 375 g/mol. The van der Waals surface area contributed by atoms with Crippen LogP contribution in [0.25, 0.3) is 11.1 Å². The smallest absolute Gasteiger partial charge is 0.219 e. The molecule has 1 aliphatic rings. The summed E-state index contributed by atoms with van der Waals surface area (Å²) in [6, 6.07) is 17.6. The van der Waals surface area contributed by atoms with Gasteiger partial charge < -0.3 is 21.3 Å². The van der Waals surface area contributed by atoms with E-state index in [2.05, 4.69) is 16.7 Å². The molecule has 0 bridgehead atoms. The zero-order chi connectivity index (χ0) is 20.1. The molecular formula is C22H25N5O. The highest BCUT2D eigenvalue weighted by Crippen LogP contribution is 2.24. The third kappa shape index (κ3) is 4.33. The van der Waals surface area contributed by atoms with Crippen molar-refractivity contribution < 1.29 is 4.79 Å². The van der Waals surface area contributed by atoms with Gasteiger partial charge in [0.15, 0.2) is 0 Å². The molecule has 3 rings (SSSR count). The zero-order valence-corrected chi connectivity index (χ0v) is 16.2. The van der Waals surface area contributed by atoms with Crippen LogP contribution in [0.4, 0.5) is 5.69 Å². The van der Waals surface area contributed by atoms with E-state index in [0.29, 0.717) is 18.7 Å². The summed E-state index contributed by atoms with van der Waals surface area (Å²) < 4.78 is 0. The summed E-state index contributed by atoms with van der Waals surface area (Å²) >= 11 is 0. The summed E-state index contributed by atoms with van der Waals surface area (Å²) in [5, 5.41) is 15.6. The van der Waals surface area contributed by atoms with Gasteiger partial charge in [-0.2, -0.15) is 5.26 Å². The third-order valence-electron chi connectivity index (χ3n) is 5.04. The fraction of sp³-hybridized carbons (Fsp3) is 0.273. The largest absolute Gasteiger partial charge is 0.391 e. The molecule has 1 aliphatic heterocycles. The van der Waals surface area contributed by atoms with Crippen molar-refractivity contribution in [2.75, 3.05) is 25.5 Å². The number of hydrogen-bond donors (Lipinski definition) is 3. The minimum absolute atomic E-state index is 0.0591. The fourth-order valence-corrected chi connectivity index (χ4v) is 3.42. The van der Waals surface area contributed by atoms with E-state index >= 15 is 0 Å². The number of benzene rings is 2. The molecule has 6 nitrogen and oxygen atoms in total. The average Bonchev–Trinajstić information content (AvgIpc) is 2.73. The molecule has 144 valence electrons. The maximum absolute atomic E-state index is 11.7. The first-order chi connectivity index (χ1) is 13.5. The normalized spacial score (nSPS) is 15.0. The second kappa shape index (κ2) is 8.59. The van der Waals surface area contributed by atoms with Gasteiger partial charge in [-0.15, -0.1) is 0 Å². The van der Waals surface area contributed by atoms with Crippen LogP contribution < -0.4 is 16.4 Å². The predicted molar refractivity (Wildman–Crippen MR) is 111 cm³/mol. The number of nitriles is 1. The van der Waals surface area contributed by atoms with E-state index in [1.54, 1.807) is 13.0 Å². The SMILES string of the molecule is CNC1=C(C(N)Nc2ccc(-c3cccc(C#N)c3)cc2)CN(C(C)=O)CC1. The van der Waals surface area contributed by atoms with Crippen LogP contribution in [0.5, 0.6) is 0 Å². The lowest BCUT2D eigenvalue weighted by Crippen LogP contribution is -2.45. The van der Waals surface area contributed by atoms with Crippen LogP contribution in [-0.2, 0) is 4.79 Å². The molecule has 1 atom stereocenters. The van der Waals surface area contributed by atoms with Gasteiger partial charge in [0.1, 0.15) is 6.17 Å². The summed E-state index contributed by atoms with van der Waals surface area (Å²) in [7, 11) is 1.88. The highest BCUT2D eigenvalue weighted by molar-refractivity contribution is 5.74. The number of nitrogens with one attached hydrogen (secondary N) is 2. The monoisotopic (exact) mass is 375 g/mol. The van der Waals surface area contributed by atoms with Gasteiger partial charge >= 0.3 is 0 Å². The van der Waals surface area contributed by atoms with E-state index < -0.39 is 6.17 Å². The quantitative estimate of drug-likeness (QED) is 0.699. The number of nitrogens with two attached hydrogens (primary N) is 1. The number of carbonyl (C=O) groups excluding carboxylic acids is 1. The van der Waals surface area contributed by atoms with Gasteiger partial charge in [-0.05, 0) is 35.4 Å². The Morgan fingerprint density at radius 2 is 1.96 bits per heavy atom. The summed E-state index contributed by atoms with van der Waals surface area (Å²) in [4.78, 5) is 13.5. The van der Waals surface area contributed by atoms with Crippen molar-refractivity contribution in [2.24, 2.45) is 5.73 Å². The van der Waals surface area contributed by atoms with Gasteiger partial charge in [-0.3, -0.25) is 4.79 Å². The second-order valence-corrected chi connectivity index (χ2v) is 6.84. The van der Waals surface area contributed by atoms with E-state index in [-0.39, 0.29) is 5.91 Å². The molecule has 28 heavy (non-hydrogen) atoms. The van der Waals surface area contributed by atoms with Crippen molar-refractivity contribution in [3.8, 4) is 17.2 Å². The Morgan fingerprint density at radius 3 is 2.61 bits per heavy atom. The molecule has 1 amide bonds. The first-order valence-electron chi connectivity index (χ1n) is 9.29. The van der Waals surface area contributed by atoms with E-state index in [1.807, 2.05) is 54.4 Å². The number of rotatable bonds is 5. The van der Waals surface area contributed by atoms with E-state index in [9.17, 15) is 4.79 Å². The van der Waals surface area contributed by atoms with Crippen molar-refractivity contribution in [3.63, 3.8) is 0 Å². The molecule has 1 heterocycles. The van der Waals surface area contributed by atoms with Crippen LogP contribution in [0.2, 0.25) is 0 Å². The molecule has 6 heteroatoms. The Hall–Kier alpha value is -3.30. The highest BCUT2D eigenvalue weighted by Gasteiger charge is 2.24. The zero-order valence-electron chi connectivity index (χ0n) is 16.2. The van der Waals surface area contributed by atoms with Gasteiger partial charge in [-0.25, -0.2) is 0 Å². The Bertz CT molecular complexity index is 927. The van der Waals surface area contributed by atoms with Crippen LogP contribution >= 0.6 is 0 Å². The Labute approximate surface area is 165 Å². The van der Waals surface area contributed by atoms with Crippen LogP contribution in [0.1, 0.15) is 18.9 Å². The lowest BCUT2D eigenvalue weighted by atomic mass is 10.0. The maximum atomic E-state index is 11.7. The van der Waals surface area contributed by atoms with E-state index in [0.717, 1.165) is 34.5 Å². The molecule has 0 saturated carbocycles. The first kappa shape index (κ1) is 19.5. The lowest BCUT2D eigenvalue weighted by Gasteiger charge is -2.33. The third-order valence-corrected chi connectivity index (χ3v) is 5.04. The molecule has 0 aliphatic carbocycles.